The molecule has 0 spiro atoms. The van der Waals surface area contributed by atoms with E-state index in [1.54, 1.807) is 19.1 Å². The van der Waals surface area contributed by atoms with Crippen LogP contribution in [0, 0.1) is 12.7 Å². The van der Waals surface area contributed by atoms with Crippen LogP contribution >= 0.6 is 0 Å². The summed E-state index contributed by atoms with van der Waals surface area (Å²) in [5.74, 6) is -0.725. The topological polar surface area (TPSA) is 42.0 Å². The van der Waals surface area contributed by atoms with Crippen molar-refractivity contribution in [2.45, 2.75) is 26.7 Å². The first-order valence-electron chi connectivity index (χ1n) is 6.51. The van der Waals surface area contributed by atoms with Gasteiger partial charge in [0.05, 0.1) is 0 Å². The smallest absolute Gasteiger partial charge is 0.277 e. The standard InChI is InChI=1S/C16H17FN2O/c1-10(2)12-4-6-13(7-5-12)19-16(20)15-14(17)8-11(3)9-18-15/h4-10H,1-3H3,(H,19,20). The summed E-state index contributed by atoms with van der Waals surface area (Å²) in [6.45, 7) is 5.92. The summed E-state index contributed by atoms with van der Waals surface area (Å²) in [5.41, 5.74) is 2.30. The molecular formula is C16H17FN2O. The SMILES string of the molecule is Cc1cnc(C(=O)Nc2ccc(C(C)C)cc2)c(F)c1. The Kier molecular flexibility index (Phi) is 4.13. The highest BCUT2D eigenvalue weighted by atomic mass is 19.1. The van der Waals surface area contributed by atoms with Gasteiger partial charge >= 0.3 is 0 Å². The van der Waals surface area contributed by atoms with E-state index in [4.69, 9.17) is 0 Å². The van der Waals surface area contributed by atoms with E-state index in [0.29, 0.717) is 17.2 Å². The fraction of sp³-hybridized carbons (Fsp3) is 0.250. The molecule has 0 aliphatic heterocycles. The van der Waals surface area contributed by atoms with Crippen molar-refractivity contribution in [2.75, 3.05) is 5.32 Å². The van der Waals surface area contributed by atoms with Gasteiger partial charge in [0.2, 0.25) is 0 Å². The molecule has 0 aliphatic rings. The van der Waals surface area contributed by atoms with Crippen molar-refractivity contribution in [2.24, 2.45) is 0 Å². The Bertz CT molecular complexity index is 621. The fourth-order valence-electron chi connectivity index (χ4n) is 1.84. The van der Waals surface area contributed by atoms with Crippen molar-refractivity contribution in [3.8, 4) is 0 Å². The maximum Gasteiger partial charge on any atom is 0.277 e. The van der Waals surface area contributed by atoms with E-state index >= 15 is 0 Å². The molecule has 1 N–H and O–H groups in total. The second-order valence-electron chi connectivity index (χ2n) is 5.07. The molecular weight excluding hydrogens is 255 g/mol. The summed E-state index contributed by atoms with van der Waals surface area (Å²) in [4.78, 5) is 15.8. The van der Waals surface area contributed by atoms with Crippen LogP contribution in [0.15, 0.2) is 36.5 Å². The molecule has 0 aliphatic carbocycles. The lowest BCUT2D eigenvalue weighted by atomic mass is 10.0. The number of pyridine rings is 1. The number of halogens is 1. The van der Waals surface area contributed by atoms with Crippen LogP contribution in [0.1, 0.15) is 41.4 Å². The number of hydrogen-bond donors (Lipinski definition) is 1. The van der Waals surface area contributed by atoms with Gasteiger partial charge in [0, 0.05) is 11.9 Å². The van der Waals surface area contributed by atoms with Gasteiger partial charge in [-0.15, -0.1) is 0 Å². The molecule has 0 atom stereocenters. The Morgan fingerprint density at radius 1 is 1.25 bits per heavy atom. The monoisotopic (exact) mass is 272 g/mol. The fourth-order valence-corrected chi connectivity index (χ4v) is 1.84. The third-order valence-corrected chi connectivity index (χ3v) is 3.03. The number of anilines is 1. The van der Waals surface area contributed by atoms with Crippen molar-refractivity contribution >= 4 is 11.6 Å². The molecule has 1 heterocycles. The highest BCUT2D eigenvalue weighted by molar-refractivity contribution is 6.03. The molecule has 104 valence electrons. The van der Waals surface area contributed by atoms with E-state index in [1.807, 2.05) is 12.1 Å². The summed E-state index contributed by atoms with van der Waals surface area (Å²) in [6.07, 6.45) is 1.47. The van der Waals surface area contributed by atoms with E-state index in [9.17, 15) is 9.18 Å². The van der Waals surface area contributed by atoms with E-state index in [2.05, 4.69) is 24.1 Å². The van der Waals surface area contributed by atoms with Gasteiger partial charge in [-0.3, -0.25) is 4.79 Å². The summed E-state index contributed by atoms with van der Waals surface area (Å²) in [7, 11) is 0. The molecule has 2 rings (SSSR count). The van der Waals surface area contributed by atoms with E-state index in [-0.39, 0.29) is 5.69 Å². The molecule has 1 amide bonds. The largest absolute Gasteiger partial charge is 0.321 e. The third-order valence-electron chi connectivity index (χ3n) is 3.03. The first-order valence-corrected chi connectivity index (χ1v) is 6.51. The highest BCUT2D eigenvalue weighted by Gasteiger charge is 2.13. The minimum absolute atomic E-state index is 0.191. The van der Waals surface area contributed by atoms with E-state index < -0.39 is 11.7 Å². The molecule has 1 aromatic heterocycles. The maximum absolute atomic E-state index is 13.7. The second-order valence-corrected chi connectivity index (χ2v) is 5.07. The summed E-state index contributed by atoms with van der Waals surface area (Å²) >= 11 is 0. The lowest BCUT2D eigenvalue weighted by molar-refractivity contribution is 0.101. The number of nitrogens with one attached hydrogen (secondary N) is 1. The number of rotatable bonds is 3. The molecule has 1 aromatic carbocycles. The molecule has 0 radical (unpaired) electrons. The van der Waals surface area contributed by atoms with Gasteiger partial charge in [0.1, 0.15) is 0 Å². The van der Waals surface area contributed by atoms with E-state index in [1.165, 1.54) is 17.8 Å². The van der Waals surface area contributed by atoms with Crippen molar-refractivity contribution in [1.82, 2.24) is 4.98 Å². The number of aromatic nitrogens is 1. The van der Waals surface area contributed by atoms with Gasteiger partial charge in [-0.05, 0) is 42.2 Å². The molecule has 0 saturated heterocycles. The Balaban J connectivity index is 2.15. The molecule has 3 nitrogen and oxygen atoms in total. The second kappa shape index (κ2) is 5.82. The molecule has 0 unspecified atom stereocenters. The van der Waals surface area contributed by atoms with Crippen LogP contribution < -0.4 is 5.32 Å². The van der Waals surface area contributed by atoms with Crippen molar-refractivity contribution in [3.05, 3.63) is 59.2 Å². The predicted octanol–water partition coefficient (Wildman–Crippen LogP) is 3.90. The number of nitrogens with zero attached hydrogens (tertiary/aromatic N) is 1. The summed E-state index contributed by atoms with van der Waals surface area (Å²) < 4.78 is 13.7. The molecule has 0 fully saturated rings. The molecule has 2 aromatic rings. The van der Waals surface area contributed by atoms with Gasteiger partial charge in [0.25, 0.3) is 5.91 Å². The van der Waals surface area contributed by atoms with Gasteiger partial charge in [-0.1, -0.05) is 26.0 Å². The summed E-state index contributed by atoms with van der Waals surface area (Å²) in [5, 5.41) is 2.64. The number of hydrogen-bond acceptors (Lipinski definition) is 2. The van der Waals surface area contributed by atoms with Gasteiger partial charge < -0.3 is 5.32 Å². The van der Waals surface area contributed by atoms with Crippen molar-refractivity contribution in [1.29, 1.82) is 0 Å². The number of amides is 1. The Labute approximate surface area is 117 Å². The van der Waals surface area contributed by atoms with E-state index in [0.717, 1.165) is 0 Å². The quantitative estimate of drug-likeness (QED) is 0.920. The van der Waals surface area contributed by atoms with Crippen molar-refractivity contribution < 1.29 is 9.18 Å². The maximum atomic E-state index is 13.7. The van der Waals surface area contributed by atoms with Gasteiger partial charge in [-0.2, -0.15) is 0 Å². The average Bonchev–Trinajstić information content (AvgIpc) is 2.39. The lowest BCUT2D eigenvalue weighted by Gasteiger charge is -2.08. The Morgan fingerprint density at radius 2 is 1.90 bits per heavy atom. The molecule has 0 saturated carbocycles. The minimum atomic E-state index is -0.610. The number of carbonyl (C=O) groups excluding carboxylic acids is 1. The Hall–Kier alpha value is -2.23. The minimum Gasteiger partial charge on any atom is -0.321 e. The summed E-state index contributed by atoms with van der Waals surface area (Å²) in [6, 6.07) is 8.79. The molecule has 4 heteroatoms. The van der Waals surface area contributed by atoms with Gasteiger partial charge in [-0.25, -0.2) is 9.37 Å². The molecule has 20 heavy (non-hydrogen) atoms. The highest BCUT2D eigenvalue weighted by Crippen LogP contribution is 2.18. The number of benzene rings is 1. The first-order chi connectivity index (χ1) is 9.47. The van der Waals surface area contributed by atoms with Crippen LogP contribution in [0.3, 0.4) is 0 Å². The first kappa shape index (κ1) is 14.2. The molecule has 0 bridgehead atoms. The zero-order valence-corrected chi connectivity index (χ0v) is 11.8. The van der Waals surface area contributed by atoms with Crippen LogP contribution in [0.4, 0.5) is 10.1 Å². The lowest BCUT2D eigenvalue weighted by Crippen LogP contribution is -2.15. The van der Waals surface area contributed by atoms with Crippen LogP contribution in [0.2, 0.25) is 0 Å². The van der Waals surface area contributed by atoms with Crippen LogP contribution in [0.25, 0.3) is 0 Å². The van der Waals surface area contributed by atoms with Crippen LogP contribution in [-0.2, 0) is 0 Å². The van der Waals surface area contributed by atoms with Crippen LogP contribution in [0.5, 0.6) is 0 Å². The van der Waals surface area contributed by atoms with Crippen molar-refractivity contribution in [3.63, 3.8) is 0 Å². The third kappa shape index (κ3) is 3.20. The number of carbonyl (C=O) groups is 1. The zero-order chi connectivity index (χ0) is 14.7. The normalized spacial score (nSPS) is 10.7. The Morgan fingerprint density at radius 3 is 2.45 bits per heavy atom. The predicted molar refractivity (Wildman–Crippen MR) is 77.4 cm³/mol. The number of aryl methyl sites for hydroxylation is 1. The zero-order valence-electron chi connectivity index (χ0n) is 11.8. The average molecular weight is 272 g/mol. The van der Waals surface area contributed by atoms with Crippen LogP contribution in [-0.4, -0.2) is 10.9 Å². The van der Waals surface area contributed by atoms with Gasteiger partial charge in [0.15, 0.2) is 11.5 Å².